The summed E-state index contributed by atoms with van der Waals surface area (Å²) in [6, 6.07) is 14.7. The van der Waals surface area contributed by atoms with Crippen molar-refractivity contribution in [3.8, 4) is 0 Å². The van der Waals surface area contributed by atoms with Crippen molar-refractivity contribution >= 4 is 40.3 Å². The Morgan fingerprint density at radius 2 is 1.64 bits per heavy atom. The number of benzene rings is 2. The Morgan fingerprint density at radius 3 is 2.36 bits per heavy atom. The molecule has 28 heavy (non-hydrogen) atoms. The fourth-order valence-corrected chi connectivity index (χ4v) is 4.45. The molecule has 0 saturated carbocycles. The van der Waals surface area contributed by atoms with Gasteiger partial charge in [-0.3, -0.25) is 19.3 Å². The number of rotatable bonds is 7. The van der Waals surface area contributed by atoms with Gasteiger partial charge in [-0.05, 0) is 37.3 Å². The molecule has 4 rings (SSSR count). The monoisotopic (exact) mass is 392 g/mol. The summed E-state index contributed by atoms with van der Waals surface area (Å²) in [6.07, 6.45) is 0.663. The first-order valence-corrected chi connectivity index (χ1v) is 10.4. The van der Waals surface area contributed by atoms with Gasteiger partial charge in [-0.1, -0.05) is 30.3 Å². The number of imide groups is 1. The third-order valence-electron chi connectivity index (χ3n) is 4.95. The molecule has 0 radical (unpaired) electrons. The second kappa shape index (κ2) is 7.64. The Bertz CT molecular complexity index is 1050. The van der Waals surface area contributed by atoms with Crippen molar-refractivity contribution in [1.29, 1.82) is 0 Å². The van der Waals surface area contributed by atoms with E-state index < -0.39 is 0 Å². The number of para-hydroxylation sites is 1. The highest BCUT2D eigenvalue weighted by Crippen LogP contribution is 2.25. The Hall–Kier alpha value is -2.86. The molecule has 1 N–H and O–H groups in total. The highest BCUT2D eigenvalue weighted by Gasteiger charge is 2.34. The normalized spacial score (nSPS) is 13.4. The highest BCUT2D eigenvalue weighted by atomic mass is 32.2. The molecular formula is C22H20N2O3S. The predicted octanol–water partition coefficient (Wildman–Crippen LogP) is 4.08. The van der Waals surface area contributed by atoms with Crippen LogP contribution in [-0.4, -0.2) is 45.5 Å². The number of carbonyl (C=O) groups excluding carboxylic acids is 3. The van der Waals surface area contributed by atoms with Gasteiger partial charge in [0.05, 0.1) is 16.9 Å². The molecule has 0 spiro atoms. The lowest BCUT2D eigenvalue weighted by molar-refractivity contribution is 0.0654. The van der Waals surface area contributed by atoms with Crippen LogP contribution in [0.5, 0.6) is 0 Å². The van der Waals surface area contributed by atoms with E-state index in [2.05, 4.69) is 4.98 Å². The van der Waals surface area contributed by atoms with Gasteiger partial charge in [0.1, 0.15) is 0 Å². The number of hydrogen-bond acceptors (Lipinski definition) is 4. The summed E-state index contributed by atoms with van der Waals surface area (Å²) in [4.78, 5) is 41.9. The molecule has 2 aromatic carbocycles. The van der Waals surface area contributed by atoms with Crippen LogP contribution in [0.2, 0.25) is 0 Å². The maximum Gasteiger partial charge on any atom is 0.261 e. The number of H-pyrrole nitrogens is 1. The summed E-state index contributed by atoms with van der Waals surface area (Å²) < 4.78 is 0. The van der Waals surface area contributed by atoms with Crippen LogP contribution in [0, 0.1) is 6.92 Å². The standard InChI is InChI=1S/C22H20N2O3S/c1-14-20(17-9-4-5-10-18(17)23-14)19(25)13-28-12-6-11-24-21(26)15-7-2-3-8-16(15)22(24)27/h2-5,7-10,23H,6,11-13H2,1H3. The average Bonchev–Trinajstić information content (AvgIpc) is 3.16. The van der Waals surface area contributed by atoms with Crippen molar-refractivity contribution in [2.75, 3.05) is 18.1 Å². The summed E-state index contributed by atoms with van der Waals surface area (Å²) in [5, 5.41) is 0.955. The largest absolute Gasteiger partial charge is 0.358 e. The second-order valence-corrected chi connectivity index (χ2v) is 7.91. The minimum atomic E-state index is -0.226. The number of nitrogens with zero attached hydrogens (tertiary/aromatic N) is 1. The smallest absolute Gasteiger partial charge is 0.261 e. The fraction of sp³-hybridized carbons (Fsp3) is 0.227. The van der Waals surface area contributed by atoms with Crippen LogP contribution in [0.1, 0.15) is 43.2 Å². The maximum atomic E-state index is 12.7. The van der Waals surface area contributed by atoms with Crippen LogP contribution in [0.15, 0.2) is 48.5 Å². The van der Waals surface area contributed by atoms with Gasteiger partial charge in [0.15, 0.2) is 5.78 Å². The molecule has 142 valence electrons. The zero-order valence-electron chi connectivity index (χ0n) is 15.5. The number of carbonyl (C=O) groups is 3. The molecule has 3 aromatic rings. The number of fused-ring (bicyclic) bond motifs is 2. The number of Topliss-reactive ketones (excluding diaryl/α,β-unsaturated/α-hetero) is 1. The zero-order valence-corrected chi connectivity index (χ0v) is 16.3. The van der Waals surface area contributed by atoms with Crippen LogP contribution in [0.3, 0.4) is 0 Å². The minimum Gasteiger partial charge on any atom is -0.358 e. The van der Waals surface area contributed by atoms with Crippen LogP contribution in [0.4, 0.5) is 0 Å². The second-order valence-electron chi connectivity index (χ2n) is 6.81. The minimum absolute atomic E-state index is 0.0979. The lowest BCUT2D eigenvalue weighted by Gasteiger charge is -2.13. The number of aryl methyl sites for hydroxylation is 1. The van der Waals surface area contributed by atoms with Crippen LogP contribution >= 0.6 is 11.8 Å². The summed E-state index contributed by atoms with van der Waals surface area (Å²) in [5.41, 5.74) is 3.57. The molecule has 0 aliphatic carbocycles. The number of hydrogen-bond donors (Lipinski definition) is 1. The van der Waals surface area contributed by atoms with Gasteiger partial charge in [0, 0.05) is 28.7 Å². The number of aromatic nitrogens is 1. The van der Waals surface area contributed by atoms with E-state index in [0.29, 0.717) is 35.6 Å². The molecular weight excluding hydrogens is 372 g/mol. The predicted molar refractivity (Wildman–Crippen MR) is 111 cm³/mol. The fourth-order valence-electron chi connectivity index (χ4n) is 3.64. The van der Waals surface area contributed by atoms with Gasteiger partial charge in [-0.25, -0.2) is 0 Å². The molecule has 0 bridgehead atoms. The summed E-state index contributed by atoms with van der Waals surface area (Å²) in [7, 11) is 0. The summed E-state index contributed by atoms with van der Waals surface area (Å²) in [6.45, 7) is 2.29. The quantitative estimate of drug-likeness (QED) is 0.374. The van der Waals surface area contributed by atoms with Crippen LogP contribution < -0.4 is 0 Å². The van der Waals surface area contributed by atoms with Gasteiger partial charge in [0.25, 0.3) is 11.8 Å². The highest BCUT2D eigenvalue weighted by molar-refractivity contribution is 7.99. The van der Waals surface area contributed by atoms with Gasteiger partial charge in [0.2, 0.25) is 0 Å². The molecule has 2 amide bonds. The Balaban J connectivity index is 1.30. The molecule has 1 aliphatic rings. The molecule has 1 aromatic heterocycles. The third kappa shape index (κ3) is 3.24. The van der Waals surface area contributed by atoms with Gasteiger partial charge < -0.3 is 4.98 Å². The van der Waals surface area contributed by atoms with E-state index >= 15 is 0 Å². The first-order chi connectivity index (χ1) is 13.6. The number of thioether (sulfide) groups is 1. The van der Waals surface area contributed by atoms with Crippen molar-refractivity contribution in [2.45, 2.75) is 13.3 Å². The molecule has 0 saturated heterocycles. The van der Waals surface area contributed by atoms with E-state index in [9.17, 15) is 14.4 Å². The van der Waals surface area contributed by atoms with E-state index in [-0.39, 0.29) is 17.6 Å². The Morgan fingerprint density at radius 1 is 1.00 bits per heavy atom. The lowest BCUT2D eigenvalue weighted by Crippen LogP contribution is -2.31. The number of amides is 2. The van der Waals surface area contributed by atoms with Crippen molar-refractivity contribution in [1.82, 2.24) is 9.88 Å². The number of aromatic amines is 1. The SMILES string of the molecule is Cc1[nH]c2ccccc2c1C(=O)CSCCCN1C(=O)c2ccccc2C1=O. The Labute approximate surface area is 167 Å². The summed E-state index contributed by atoms with van der Waals surface area (Å²) >= 11 is 1.53. The summed E-state index contributed by atoms with van der Waals surface area (Å²) in [5.74, 6) is 0.735. The van der Waals surface area contributed by atoms with Crippen molar-refractivity contribution in [2.24, 2.45) is 0 Å². The van der Waals surface area contributed by atoms with E-state index in [1.807, 2.05) is 31.2 Å². The zero-order chi connectivity index (χ0) is 19.7. The number of ketones is 1. The molecule has 6 heteroatoms. The van der Waals surface area contributed by atoms with E-state index in [1.165, 1.54) is 16.7 Å². The van der Waals surface area contributed by atoms with Gasteiger partial charge in [-0.15, -0.1) is 0 Å². The van der Waals surface area contributed by atoms with Crippen LogP contribution in [-0.2, 0) is 0 Å². The molecule has 1 aliphatic heterocycles. The third-order valence-corrected chi connectivity index (χ3v) is 6.00. The van der Waals surface area contributed by atoms with Crippen LogP contribution in [0.25, 0.3) is 10.9 Å². The van der Waals surface area contributed by atoms with Gasteiger partial charge >= 0.3 is 0 Å². The lowest BCUT2D eigenvalue weighted by atomic mass is 10.1. The van der Waals surface area contributed by atoms with E-state index in [1.54, 1.807) is 24.3 Å². The number of nitrogens with one attached hydrogen (secondary N) is 1. The maximum absolute atomic E-state index is 12.7. The molecule has 0 unspecified atom stereocenters. The topological polar surface area (TPSA) is 70.2 Å². The Kier molecular flexibility index (Phi) is 5.05. The van der Waals surface area contributed by atoms with Crippen molar-refractivity contribution in [3.63, 3.8) is 0 Å². The van der Waals surface area contributed by atoms with E-state index in [0.717, 1.165) is 22.2 Å². The first kappa shape index (κ1) is 18.5. The molecule has 5 nitrogen and oxygen atoms in total. The van der Waals surface area contributed by atoms with Crippen molar-refractivity contribution < 1.29 is 14.4 Å². The van der Waals surface area contributed by atoms with E-state index in [4.69, 9.17) is 0 Å². The molecule has 2 heterocycles. The van der Waals surface area contributed by atoms with Gasteiger partial charge in [-0.2, -0.15) is 11.8 Å². The van der Waals surface area contributed by atoms with Crippen molar-refractivity contribution in [3.05, 3.63) is 70.9 Å². The first-order valence-electron chi connectivity index (χ1n) is 9.21. The average molecular weight is 392 g/mol. The molecule has 0 fully saturated rings. The molecule has 0 atom stereocenters.